The van der Waals surface area contributed by atoms with Gasteiger partial charge in [0, 0.05) is 5.56 Å². The Balaban J connectivity index is 2.59. The Morgan fingerprint density at radius 2 is 1.95 bits per heavy atom. The van der Waals surface area contributed by atoms with E-state index < -0.39 is 12.0 Å². The molecule has 21 heavy (non-hydrogen) atoms. The third-order valence-corrected chi connectivity index (χ3v) is 2.36. The Labute approximate surface area is 128 Å². The van der Waals surface area contributed by atoms with Gasteiger partial charge in [0.2, 0.25) is 0 Å². The fourth-order valence-electron chi connectivity index (χ4n) is 1.35. The molecule has 3 N–H and O–H groups in total. The minimum absolute atomic E-state index is 0.00955. The monoisotopic (exact) mass is 311 g/mol. The standard InChI is InChI=1S/C13H17N3O4S/c1-8(2)20-10-6-4-5-9(7-10)11(17)14-12(21)15-16-13(18)19-3/h4-8H,1-3H3,(H,16,18)(H2,14,15,17,21). The van der Waals surface area contributed by atoms with Gasteiger partial charge < -0.3 is 9.47 Å². The Morgan fingerprint density at radius 1 is 1.24 bits per heavy atom. The molecule has 0 bridgehead atoms. The third kappa shape index (κ3) is 6.09. The van der Waals surface area contributed by atoms with Crippen molar-refractivity contribution in [3.8, 4) is 5.75 Å². The van der Waals surface area contributed by atoms with Crippen LogP contribution >= 0.6 is 12.2 Å². The van der Waals surface area contributed by atoms with Gasteiger partial charge in [0.05, 0.1) is 13.2 Å². The molecule has 114 valence electrons. The third-order valence-electron chi connectivity index (χ3n) is 2.16. The molecule has 0 spiro atoms. The molecular weight excluding hydrogens is 294 g/mol. The SMILES string of the molecule is COC(=O)NNC(=S)NC(=O)c1cccc(OC(C)C)c1. The quantitative estimate of drug-likeness (QED) is 0.577. The first-order valence-corrected chi connectivity index (χ1v) is 6.55. The van der Waals surface area contributed by atoms with E-state index >= 15 is 0 Å². The van der Waals surface area contributed by atoms with Crippen molar-refractivity contribution in [3.63, 3.8) is 0 Å². The fraction of sp³-hybridized carbons (Fsp3) is 0.308. The number of hydrogen-bond donors (Lipinski definition) is 3. The van der Waals surface area contributed by atoms with Gasteiger partial charge in [-0.1, -0.05) is 6.07 Å². The summed E-state index contributed by atoms with van der Waals surface area (Å²) in [6, 6.07) is 6.69. The molecule has 2 amide bonds. The maximum absolute atomic E-state index is 12.0. The normalized spacial score (nSPS) is 9.71. The number of hydrogen-bond acceptors (Lipinski definition) is 5. The van der Waals surface area contributed by atoms with Crippen LogP contribution in [0.4, 0.5) is 4.79 Å². The van der Waals surface area contributed by atoms with Crippen LogP contribution in [0.1, 0.15) is 24.2 Å². The summed E-state index contributed by atoms with van der Waals surface area (Å²) in [4.78, 5) is 22.8. The van der Waals surface area contributed by atoms with Crippen LogP contribution in [0.5, 0.6) is 5.75 Å². The Kier molecular flexibility index (Phi) is 6.41. The smallest absolute Gasteiger partial charge is 0.425 e. The summed E-state index contributed by atoms with van der Waals surface area (Å²) in [5.74, 6) is 0.164. The topological polar surface area (TPSA) is 88.7 Å². The maximum Gasteiger partial charge on any atom is 0.425 e. The van der Waals surface area contributed by atoms with Crippen molar-refractivity contribution in [2.24, 2.45) is 0 Å². The van der Waals surface area contributed by atoms with Crippen LogP contribution in [0, 0.1) is 0 Å². The van der Waals surface area contributed by atoms with Gasteiger partial charge in [0.25, 0.3) is 5.91 Å². The molecule has 8 heteroatoms. The Bertz CT molecular complexity index is 534. The lowest BCUT2D eigenvalue weighted by Gasteiger charge is -2.12. The van der Waals surface area contributed by atoms with Gasteiger partial charge in [-0.2, -0.15) is 0 Å². The minimum Gasteiger partial charge on any atom is -0.491 e. The molecule has 0 aliphatic rings. The highest BCUT2D eigenvalue weighted by atomic mass is 32.1. The first-order valence-electron chi connectivity index (χ1n) is 6.14. The number of thiocarbonyl (C=S) groups is 1. The summed E-state index contributed by atoms with van der Waals surface area (Å²) in [6.45, 7) is 3.79. The van der Waals surface area contributed by atoms with Gasteiger partial charge >= 0.3 is 6.09 Å². The lowest BCUT2D eigenvalue weighted by atomic mass is 10.2. The summed E-state index contributed by atoms with van der Waals surface area (Å²) in [7, 11) is 1.21. The number of benzene rings is 1. The van der Waals surface area contributed by atoms with Gasteiger partial charge in [-0.3, -0.25) is 15.5 Å². The van der Waals surface area contributed by atoms with E-state index in [1.54, 1.807) is 24.3 Å². The van der Waals surface area contributed by atoms with Crippen LogP contribution < -0.4 is 20.9 Å². The van der Waals surface area contributed by atoms with E-state index in [0.717, 1.165) is 0 Å². The van der Waals surface area contributed by atoms with Gasteiger partial charge in [0.1, 0.15) is 5.75 Å². The molecule has 1 aromatic carbocycles. The molecule has 0 saturated heterocycles. The van der Waals surface area contributed by atoms with Crippen molar-refractivity contribution in [3.05, 3.63) is 29.8 Å². The van der Waals surface area contributed by atoms with Gasteiger partial charge in [-0.15, -0.1) is 0 Å². The zero-order valence-corrected chi connectivity index (χ0v) is 12.7. The summed E-state index contributed by atoms with van der Waals surface area (Å²) in [6.07, 6.45) is -0.714. The number of ether oxygens (including phenoxy) is 2. The van der Waals surface area contributed by atoms with Crippen molar-refractivity contribution < 1.29 is 19.1 Å². The van der Waals surface area contributed by atoms with E-state index in [-0.39, 0.29) is 11.2 Å². The number of carbonyl (C=O) groups is 2. The Morgan fingerprint density at radius 3 is 2.57 bits per heavy atom. The number of amides is 2. The van der Waals surface area contributed by atoms with Crippen molar-refractivity contribution >= 4 is 29.3 Å². The molecule has 0 saturated carbocycles. The van der Waals surface area contributed by atoms with Gasteiger partial charge in [0.15, 0.2) is 5.11 Å². The summed E-state index contributed by atoms with van der Waals surface area (Å²) in [5.41, 5.74) is 4.84. The highest BCUT2D eigenvalue weighted by Gasteiger charge is 2.10. The summed E-state index contributed by atoms with van der Waals surface area (Å²) in [5, 5.41) is 2.36. The molecule has 1 aromatic rings. The average Bonchev–Trinajstić information content (AvgIpc) is 2.44. The molecule has 0 unspecified atom stereocenters. The van der Waals surface area contributed by atoms with Crippen LogP contribution in [0.2, 0.25) is 0 Å². The predicted molar refractivity (Wildman–Crippen MR) is 80.9 cm³/mol. The molecule has 1 rings (SSSR count). The number of carbonyl (C=O) groups excluding carboxylic acids is 2. The largest absolute Gasteiger partial charge is 0.491 e. The van der Waals surface area contributed by atoms with Crippen molar-refractivity contribution in [1.29, 1.82) is 0 Å². The Hall–Kier alpha value is -2.35. The van der Waals surface area contributed by atoms with E-state index in [1.165, 1.54) is 7.11 Å². The molecule has 0 heterocycles. The van der Waals surface area contributed by atoms with E-state index in [9.17, 15) is 9.59 Å². The predicted octanol–water partition coefficient (Wildman–Crippen LogP) is 1.35. The molecule has 0 atom stereocenters. The van der Waals surface area contributed by atoms with Crippen molar-refractivity contribution in [1.82, 2.24) is 16.2 Å². The van der Waals surface area contributed by atoms with Crippen LogP contribution in [-0.4, -0.2) is 30.3 Å². The average molecular weight is 311 g/mol. The van der Waals surface area contributed by atoms with Crippen molar-refractivity contribution in [2.45, 2.75) is 20.0 Å². The van der Waals surface area contributed by atoms with Crippen LogP contribution in [0.3, 0.4) is 0 Å². The van der Waals surface area contributed by atoms with Gasteiger partial charge in [-0.25, -0.2) is 10.2 Å². The minimum atomic E-state index is -0.723. The first-order chi connectivity index (χ1) is 9.92. The maximum atomic E-state index is 12.0. The second-order valence-corrected chi connectivity index (χ2v) is 4.63. The highest BCUT2D eigenvalue weighted by molar-refractivity contribution is 7.80. The second kappa shape index (κ2) is 8.05. The second-order valence-electron chi connectivity index (χ2n) is 4.22. The van der Waals surface area contributed by atoms with Crippen LogP contribution in [0.25, 0.3) is 0 Å². The molecule has 0 fully saturated rings. The number of nitrogens with one attached hydrogen (secondary N) is 3. The molecule has 0 aromatic heterocycles. The lowest BCUT2D eigenvalue weighted by molar-refractivity contribution is 0.0975. The molecular formula is C13H17N3O4S. The summed E-state index contributed by atoms with van der Waals surface area (Å²) < 4.78 is 9.84. The molecule has 0 aliphatic heterocycles. The number of methoxy groups -OCH3 is 1. The van der Waals surface area contributed by atoms with Crippen molar-refractivity contribution in [2.75, 3.05) is 7.11 Å². The van der Waals surface area contributed by atoms with E-state index in [1.807, 2.05) is 13.8 Å². The molecule has 0 aliphatic carbocycles. The summed E-state index contributed by atoms with van der Waals surface area (Å²) >= 11 is 4.85. The van der Waals surface area contributed by atoms with E-state index in [0.29, 0.717) is 11.3 Å². The molecule has 7 nitrogen and oxygen atoms in total. The highest BCUT2D eigenvalue weighted by Crippen LogP contribution is 2.14. The first kappa shape index (κ1) is 16.7. The van der Waals surface area contributed by atoms with Gasteiger partial charge in [-0.05, 0) is 44.3 Å². The van der Waals surface area contributed by atoms with E-state index in [2.05, 4.69) is 20.9 Å². The lowest BCUT2D eigenvalue weighted by Crippen LogP contribution is -2.48. The number of hydrazine groups is 1. The van der Waals surface area contributed by atoms with E-state index in [4.69, 9.17) is 17.0 Å². The van der Waals surface area contributed by atoms with Crippen LogP contribution in [-0.2, 0) is 4.74 Å². The number of rotatable bonds is 3. The van der Waals surface area contributed by atoms with Crippen LogP contribution in [0.15, 0.2) is 24.3 Å². The zero-order chi connectivity index (χ0) is 15.8. The molecule has 0 radical (unpaired) electrons. The fourth-order valence-corrected chi connectivity index (χ4v) is 1.49. The zero-order valence-electron chi connectivity index (χ0n) is 11.9.